The molecule has 0 aliphatic rings. The standard InChI is InChI=1S/C32H27F3N6Si/c1-22-14-16-40(38-22)28-18-25(23-10-6-4-7-11-23)20-30(36-28)42(2,3)31-21-26(24-12-8-5-9-13-24)19-29(37-31)41-17-15-27(39-41)32(33,34)35/h4-21H,1-3H3. The number of aryl methyl sites for hydroxylation is 1. The normalized spacial score (nSPS) is 12.0. The summed E-state index contributed by atoms with van der Waals surface area (Å²) in [5.74, 6) is 0.992. The maximum Gasteiger partial charge on any atom is 0.435 e. The van der Waals surface area contributed by atoms with E-state index < -0.39 is 19.9 Å². The average Bonchev–Trinajstić information content (AvgIpc) is 3.68. The molecule has 0 saturated heterocycles. The van der Waals surface area contributed by atoms with Crippen molar-refractivity contribution in [1.29, 1.82) is 0 Å². The van der Waals surface area contributed by atoms with Crippen LogP contribution in [0.1, 0.15) is 11.4 Å². The number of hydrogen-bond acceptors (Lipinski definition) is 4. The summed E-state index contributed by atoms with van der Waals surface area (Å²) in [6.45, 7) is 6.22. The van der Waals surface area contributed by atoms with E-state index in [0.717, 1.165) is 44.6 Å². The largest absolute Gasteiger partial charge is 0.435 e. The Morgan fingerprint density at radius 1 is 0.595 bits per heavy atom. The number of aromatic nitrogens is 6. The Morgan fingerprint density at radius 3 is 1.50 bits per heavy atom. The molecule has 0 atom stereocenters. The summed E-state index contributed by atoms with van der Waals surface area (Å²) in [5, 5.41) is 10.0. The minimum absolute atomic E-state index is 0.310. The van der Waals surface area contributed by atoms with Gasteiger partial charge < -0.3 is 0 Å². The molecule has 4 aromatic heterocycles. The van der Waals surface area contributed by atoms with E-state index in [4.69, 9.17) is 9.97 Å². The number of pyridine rings is 2. The van der Waals surface area contributed by atoms with Gasteiger partial charge in [0.15, 0.2) is 25.4 Å². The van der Waals surface area contributed by atoms with Gasteiger partial charge >= 0.3 is 6.18 Å². The van der Waals surface area contributed by atoms with Crippen LogP contribution in [-0.4, -0.2) is 37.6 Å². The molecule has 0 radical (unpaired) electrons. The Hall–Kier alpha value is -4.83. The second-order valence-electron chi connectivity index (χ2n) is 10.6. The van der Waals surface area contributed by atoms with Crippen molar-refractivity contribution in [2.45, 2.75) is 26.2 Å². The van der Waals surface area contributed by atoms with E-state index in [0.29, 0.717) is 11.6 Å². The maximum atomic E-state index is 13.4. The lowest BCUT2D eigenvalue weighted by molar-refractivity contribution is -0.141. The van der Waals surface area contributed by atoms with E-state index in [9.17, 15) is 13.2 Å². The van der Waals surface area contributed by atoms with Crippen LogP contribution in [-0.2, 0) is 6.18 Å². The highest BCUT2D eigenvalue weighted by molar-refractivity contribution is 6.99. The van der Waals surface area contributed by atoms with Crippen molar-refractivity contribution in [2.24, 2.45) is 0 Å². The first kappa shape index (κ1) is 27.3. The van der Waals surface area contributed by atoms with Crippen LogP contribution in [0.15, 0.2) is 109 Å². The molecule has 0 amide bonds. The van der Waals surface area contributed by atoms with Crippen molar-refractivity contribution < 1.29 is 13.2 Å². The Morgan fingerprint density at radius 2 is 1.07 bits per heavy atom. The van der Waals surface area contributed by atoms with Crippen molar-refractivity contribution in [3.05, 3.63) is 121 Å². The average molecular weight is 581 g/mol. The summed E-state index contributed by atoms with van der Waals surface area (Å²) < 4.78 is 43.2. The van der Waals surface area contributed by atoms with Gasteiger partial charge in [0.25, 0.3) is 0 Å². The lowest BCUT2D eigenvalue weighted by Gasteiger charge is -2.24. The highest BCUT2D eigenvalue weighted by atomic mass is 28.3. The fourth-order valence-corrected chi connectivity index (χ4v) is 6.86. The zero-order chi connectivity index (χ0) is 29.5. The zero-order valence-electron chi connectivity index (χ0n) is 23.2. The van der Waals surface area contributed by atoms with E-state index in [1.54, 1.807) is 10.7 Å². The molecule has 0 spiro atoms. The van der Waals surface area contributed by atoms with Gasteiger partial charge in [0.1, 0.15) is 0 Å². The first-order chi connectivity index (χ1) is 20.1. The molecule has 0 fully saturated rings. The first-order valence-corrected chi connectivity index (χ1v) is 16.4. The summed E-state index contributed by atoms with van der Waals surface area (Å²) in [5.41, 5.74) is 3.70. The van der Waals surface area contributed by atoms with Crippen molar-refractivity contribution in [3.63, 3.8) is 0 Å². The van der Waals surface area contributed by atoms with Gasteiger partial charge in [-0.05, 0) is 65.6 Å². The zero-order valence-corrected chi connectivity index (χ0v) is 24.2. The van der Waals surface area contributed by atoms with Crippen molar-refractivity contribution in [1.82, 2.24) is 29.5 Å². The SMILES string of the molecule is Cc1ccn(-c2cc(-c3ccccc3)cc([Si](C)(C)c3cc(-c4ccccc4)cc(-n4ccc(C(F)(F)F)n4)n3)n2)n1. The van der Waals surface area contributed by atoms with Gasteiger partial charge in [-0.25, -0.2) is 19.3 Å². The van der Waals surface area contributed by atoms with Gasteiger partial charge in [0, 0.05) is 23.0 Å². The molecule has 6 nitrogen and oxygen atoms in total. The van der Waals surface area contributed by atoms with Crippen LogP contribution in [0.3, 0.4) is 0 Å². The molecule has 0 bridgehead atoms. The van der Waals surface area contributed by atoms with Gasteiger partial charge in [0.05, 0.1) is 5.69 Å². The van der Waals surface area contributed by atoms with Crippen LogP contribution in [0.2, 0.25) is 13.1 Å². The number of hydrogen-bond donors (Lipinski definition) is 0. The third kappa shape index (κ3) is 5.40. The highest BCUT2D eigenvalue weighted by Gasteiger charge is 2.35. The van der Waals surface area contributed by atoms with E-state index in [2.05, 4.69) is 29.4 Å². The van der Waals surface area contributed by atoms with Gasteiger partial charge in [-0.2, -0.15) is 23.4 Å². The first-order valence-electron chi connectivity index (χ1n) is 13.4. The number of benzene rings is 2. The third-order valence-electron chi connectivity index (χ3n) is 7.19. The van der Waals surface area contributed by atoms with E-state index in [1.165, 1.54) is 10.9 Å². The second-order valence-corrected chi connectivity index (χ2v) is 14.9. The molecule has 210 valence electrons. The van der Waals surface area contributed by atoms with Crippen LogP contribution < -0.4 is 10.6 Å². The maximum absolute atomic E-state index is 13.4. The van der Waals surface area contributed by atoms with Gasteiger partial charge in [-0.3, -0.25) is 0 Å². The fourth-order valence-electron chi connectivity index (χ4n) is 4.78. The molecule has 0 N–H and O–H groups in total. The summed E-state index contributed by atoms with van der Waals surface area (Å²) in [7, 11) is -2.66. The predicted octanol–water partition coefficient (Wildman–Crippen LogP) is 6.33. The van der Waals surface area contributed by atoms with Crippen LogP contribution in [0.25, 0.3) is 33.9 Å². The monoisotopic (exact) mass is 580 g/mol. The van der Waals surface area contributed by atoms with Gasteiger partial charge in [-0.15, -0.1) is 0 Å². The smallest absolute Gasteiger partial charge is 0.238 e. The van der Waals surface area contributed by atoms with E-state index >= 15 is 0 Å². The summed E-state index contributed by atoms with van der Waals surface area (Å²) in [4.78, 5) is 10.00. The Kier molecular flexibility index (Phi) is 6.86. The van der Waals surface area contributed by atoms with Crippen molar-refractivity contribution in [3.8, 4) is 33.9 Å². The minimum atomic E-state index is -4.55. The molecule has 4 heterocycles. The number of alkyl halides is 3. The number of halogens is 3. The van der Waals surface area contributed by atoms with E-state index in [1.807, 2.05) is 92.0 Å². The molecular weight excluding hydrogens is 553 g/mol. The predicted molar refractivity (Wildman–Crippen MR) is 160 cm³/mol. The summed E-state index contributed by atoms with van der Waals surface area (Å²) in [6, 6.07) is 30.5. The molecule has 0 aliphatic heterocycles. The molecule has 10 heteroatoms. The minimum Gasteiger partial charge on any atom is -0.238 e. The Bertz CT molecular complexity index is 1860. The summed E-state index contributed by atoms with van der Waals surface area (Å²) >= 11 is 0. The quantitative estimate of drug-likeness (QED) is 0.216. The van der Waals surface area contributed by atoms with Gasteiger partial charge in [0.2, 0.25) is 0 Å². The third-order valence-corrected chi connectivity index (χ3v) is 10.3. The summed E-state index contributed by atoms with van der Waals surface area (Å²) in [6.07, 6.45) is -1.38. The van der Waals surface area contributed by atoms with Gasteiger partial charge in [-0.1, -0.05) is 73.8 Å². The van der Waals surface area contributed by atoms with Crippen molar-refractivity contribution >= 4 is 18.7 Å². The van der Waals surface area contributed by atoms with Crippen LogP contribution in [0.5, 0.6) is 0 Å². The molecule has 2 aromatic carbocycles. The lowest BCUT2D eigenvalue weighted by atomic mass is 10.1. The number of nitrogens with zero attached hydrogens (tertiary/aromatic N) is 6. The molecule has 42 heavy (non-hydrogen) atoms. The van der Waals surface area contributed by atoms with Crippen molar-refractivity contribution in [2.75, 3.05) is 0 Å². The second kappa shape index (κ2) is 10.5. The molecule has 6 rings (SSSR count). The molecule has 0 saturated carbocycles. The Labute approximate surface area is 242 Å². The Balaban J connectivity index is 1.54. The number of rotatable bonds is 6. The molecule has 0 aliphatic carbocycles. The van der Waals surface area contributed by atoms with E-state index in [-0.39, 0.29) is 0 Å². The molecule has 6 aromatic rings. The van der Waals surface area contributed by atoms with Crippen LogP contribution in [0.4, 0.5) is 13.2 Å². The molecule has 0 unspecified atom stereocenters. The molecular formula is C32H27F3N6Si. The lowest BCUT2D eigenvalue weighted by Crippen LogP contribution is -2.56. The van der Waals surface area contributed by atoms with Crippen LogP contribution >= 0.6 is 0 Å². The topological polar surface area (TPSA) is 61.4 Å². The van der Waals surface area contributed by atoms with Crippen LogP contribution in [0, 0.1) is 6.92 Å². The highest BCUT2D eigenvalue weighted by Crippen LogP contribution is 2.28. The fraction of sp³-hybridized carbons (Fsp3) is 0.125.